The zero-order valence-corrected chi connectivity index (χ0v) is 14.8. The quantitative estimate of drug-likeness (QED) is 0.657. The van der Waals surface area contributed by atoms with E-state index in [9.17, 15) is 4.79 Å². The van der Waals surface area contributed by atoms with Crippen molar-refractivity contribution in [2.24, 2.45) is 0 Å². The lowest BCUT2D eigenvalue weighted by Crippen LogP contribution is -2.33. The Hall–Kier alpha value is -1.76. The van der Waals surface area contributed by atoms with Crippen LogP contribution in [0.25, 0.3) is 11.6 Å². The number of rotatable bonds is 9. The molecule has 2 rings (SSSR count). The monoisotopic (exact) mass is 336 g/mol. The molecule has 0 saturated carbocycles. The summed E-state index contributed by atoms with van der Waals surface area (Å²) < 4.78 is 7.36. The maximum atomic E-state index is 12.3. The molecule has 0 aromatic carbocycles. The number of hydrogen-bond acceptors (Lipinski definition) is 5. The van der Waals surface area contributed by atoms with Crippen LogP contribution in [0.15, 0.2) is 28.0 Å². The van der Waals surface area contributed by atoms with Gasteiger partial charge in [-0.3, -0.25) is 9.36 Å². The molecule has 0 saturated heterocycles. The van der Waals surface area contributed by atoms with Gasteiger partial charge in [0.05, 0.1) is 12.0 Å². The third kappa shape index (κ3) is 4.37. The number of hydrogen-bond donors (Lipinski definition) is 0. The highest BCUT2D eigenvalue weighted by molar-refractivity contribution is 7.99. The Morgan fingerprint density at radius 3 is 2.78 bits per heavy atom. The molecule has 2 aromatic heterocycles. The topological polar surface area (TPSA) is 64.2 Å². The Kier molecular flexibility index (Phi) is 6.70. The molecule has 23 heavy (non-hydrogen) atoms. The van der Waals surface area contributed by atoms with E-state index in [1.165, 1.54) is 11.8 Å². The van der Waals surface area contributed by atoms with Crippen molar-refractivity contribution in [2.45, 2.75) is 45.3 Å². The van der Waals surface area contributed by atoms with Gasteiger partial charge in [0.2, 0.25) is 5.91 Å². The van der Waals surface area contributed by atoms with E-state index >= 15 is 0 Å². The van der Waals surface area contributed by atoms with Gasteiger partial charge in [0.15, 0.2) is 16.7 Å². The molecule has 0 N–H and O–H groups in total. The summed E-state index contributed by atoms with van der Waals surface area (Å²) in [5.41, 5.74) is 0. The maximum Gasteiger partial charge on any atom is 0.233 e. The largest absolute Gasteiger partial charge is 0.461 e. The van der Waals surface area contributed by atoms with Gasteiger partial charge >= 0.3 is 0 Å². The fraction of sp³-hybridized carbons (Fsp3) is 0.562. The van der Waals surface area contributed by atoms with Crippen molar-refractivity contribution in [3.63, 3.8) is 0 Å². The number of carbonyl (C=O) groups is 1. The van der Waals surface area contributed by atoms with Crippen LogP contribution in [0.2, 0.25) is 0 Å². The average Bonchev–Trinajstić information content (AvgIpc) is 3.22. The molecule has 6 nitrogen and oxygen atoms in total. The summed E-state index contributed by atoms with van der Waals surface area (Å²) in [6, 6.07) is 3.69. The fourth-order valence-electron chi connectivity index (χ4n) is 2.29. The van der Waals surface area contributed by atoms with E-state index < -0.39 is 0 Å². The Bertz CT molecular complexity index is 610. The molecule has 126 valence electrons. The molecular formula is C16H24N4O2S. The van der Waals surface area contributed by atoms with Gasteiger partial charge in [-0.05, 0) is 32.4 Å². The van der Waals surface area contributed by atoms with Gasteiger partial charge in [-0.25, -0.2) is 0 Å². The van der Waals surface area contributed by atoms with Gasteiger partial charge in [0.1, 0.15) is 0 Å². The van der Waals surface area contributed by atoms with Crippen molar-refractivity contribution in [3.8, 4) is 11.6 Å². The van der Waals surface area contributed by atoms with E-state index in [1.807, 2.05) is 35.4 Å². The van der Waals surface area contributed by atoms with E-state index in [0.717, 1.165) is 37.6 Å². The highest BCUT2D eigenvalue weighted by Gasteiger charge is 2.17. The Labute approximate surface area is 141 Å². The Balaban J connectivity index is 2.02. The molecule has 0 aliphatic rings. The first-order valence-corrected chi connectivity index (χ1v) is 9.07. The molecule has 1 amide bonds. The number of thioether (sulfide) groups is 1. The van der Waals surface area contributed by atoms with E-state index in [4.69, 9.17) is 4.42 Å². The van der Waals surface area contributed by atoms with Crippen molar-refractivity contribution < 1.29 is 9.21 Å². The number of aromatic nitrogens is 3. The molecule has 7 heteroatoms. The minimum absolute atomic E-state index is 0.149. The Morgan fingerprint density at radius 1 is 1.35 bits per heavy atom. The summed E-state index contributed by atoms with van der Waals surface area (Å²) in [5.74, 6) is 1.92. The van der Waals surface area contributed by atoms with Crippen molar-refractivity contribution in [2.75, 3.05) is 18.8 Å². The number of amides is 1. The molecule has 2 heterocycles. The second-order valence-electron chi connectivity index (χ2n) is 5.14. The standard InChI is InChI=1S/C16H24N4O2S/c1-4-7-10-19(5-2)14(21)12-23-16-18-17-15(20(16)6-3)13-9-8-11-22-13/h8-9,11H,4-7,10,12H2,1-3H3. The van der Waals surface area contributed by atoms with Gasteiger partial charge in [-0.15, -0.1) is 10.2 Å². The van der Waals surface area contributed by atoms with Crippen LogP contribution in [0.5, 0.6) is 0 Å². The minimum atomic E-state index is 0.149. The van der Waals surface area contributed by atoms with Crippen molar-refractivity contribution in [3.05, 3.63) is 18.4 Å². The number of carbonyl (C=O) groups excluding carboxylic acids is 1. The van der Waals surface area contributed by atoms with Crippen molar-refractivity contribution in [1.29, 1.82) is 0 Å². The molecule has 0 spiro atoms. The second-order valence-corrected chi connectivity index (χ2v) is 6.09. The van der Waals surface area contributed by atoms with Crippen LogP contribution in [0.1, 0.15) is 33.6 Å². The van der Waals surface area contributed by atoms with E-state index in [2.05, 4.69) is 17.1 Å². The molecule has 0 bridgehead atoms. The third-order valence-electron chi connectivity index (χ3n) is 3.62. The van der Waals surface area contributed by atoms with Crippen LogP contribution >= 0.6 is 11.8 Å². The Morgan fingerprint density at radius 2 is 2.17 bits per heavy atom. The highest BCUT2D eigenvalue weighted by atomic mass is 32.2. The van der Waals surface area contributed by atoms with Crippen LogP contribution in [-0.4, -0.2) is 44.4 Å². The first-order valence-electron chi connectivity index (χ1n) is 8.08. The summed E-state index contributed by atoms with van der Waals surface area (Å²) >= 11 is 1.43. The van der Waals surface area contributed by atoms with Crippen LogP contribution in [0.4, 0.5) is 0 Å². The summed E-state index contributed by atoms with van der Waals surface area (Å²) in [6.07, 6.45) is 3.75. The zero-order valence-electron chi connectivity index (χ0n) is 14.0. The van der Waals surface area contributed by atoms with Crippen LogP contribution in [0, 0.1) is 0 Å². The lowest BCUT2D eigenvalue weighted by molar-refractivity contribution is -0.128. The molecule has 0 fully saturated rings. The maximum absolute atomic E-state index is 12.3. The van der Waals surface area contributed by atoms with Crippen molar-refractivity contribution in [1.82, 2.24) is 19.7 Å². The normalized spacial score (nSPS) is 10.9. The molecule has 0 radical (unpaired) electrons. The van der Waals surface area contributed by atoms with E-state index in [-0.39, 0.29) is 5.91 Å². The van der Waals surface area contributed by atoms with Gasteiger partial charge in [-0.2, -0.15) is 0 Å². The average molecular weight is 336 g/mol. The van der Waals surface area contributed by atoms with Gasteiger partial charge < -0.3 is 9.32 Å². The van der Waals surface area contributed by atoms with Crippen molar-refractivity contribution >= 4 is 17.7 Å². The second kappa shape index (κ2) is 8.76. The molecule has 0 aliphatic carbocycles. The van der Waals surface area contributed by atoms with Crippen LogP contribution < -0.4 is 0 Å². The lowest BCUT2D eigenvalue weighted by atomic mass is 10.3. The van der Waals surface area contributed by atoms with Gasteiger partial charge in [0, 0.05) is 19.6 Å². The van der Waals surface area contributed by atoms with E-state index in [1.54, 1.807) is 6.26 Å². The smallest absolute Gasteiger partial charge is 0.233 e. The highest BCUT2D eigenvalue weighted by Crippen LogP contribution is 2.24. The predicted octanol–water partition coefficient (Wildman–Crippen LogP) is 3.30. The number of furan rings is 1. The molecule has 0 aliphatic heterocycles. The first kappa shape index (κ1) is 17.6. The SMILES string of the molecule is CCCCN(CC)C(=O)CSc1nnc(-c2ccco2)n1CC. The fourth-order valence-corrected chi connectivity index (χ4v) is 3.20. The number of unbranched alkanes of at least 4 members (excludes halogenated alkanes) is 1. The predicted molar refractivity (Wildman–Crippen MR) is 91.3 cm³/mol. The summed E-state index contributed by atoms with van der Waals surface area (Å²) in [4.78, 5) is 14.2. The van der Waals surface area contributed by atoms with Gasteiger partial charge in [0.25, 0.3) is 0 Å². The lowest BCUT2D eigenvalue weighted by Gasteiger charge is -2.20. The minimum Gasteiger partial charge on any atom is -0.461 e. The molecule has 0 atom stereocenters. The number of nitrogens with zero attached hydrogens (tertiary/aromatic N) is 4. The molecule has 0 unspecified atom stereocenters. The first-order chi connectivity index (χ1) is 11.2. The van der Waals surface area contributed by atoms with Crippen LogP contribution in [-0.2, 0) is 11.3 Å². The molecule has 2 aromatic rings. The summed E-state index contributed by atoms with van der Waals surface area (Å²) in [5, 5.41) is 9.15. The van der Waals surface area contributed by atoms with Crippen LogP contribution in [0.3, 0.4) is 0 Å². The van der Waals surface area contributed by atoms with Gasteiger partial charge in [-0.1, -0.05) is 25.1 Å². The molecular weight excluding hydrogens is 312 g/mol. The van der Waals surface area contributed by atoms with E-state index in [0.29, 0.717) is 17.3 Å². The summed E-state index contributed by atoms with van der Waals surface area (Å²) in [7, 11) is 0. The third-order valence-corrected chi connectivity index (χ3v) is 4.57. The summed E-state index contributed by atoms with van der Waals surface area (Å²) in [6.45, 7) is 8.48. The zero-order chi connectivity index (χ0) is 16.7.